The largest absolute Gasteiger partial charge is 0.492 e. The van der Waals surface area contributed by atoms with Crippen LogP contribution in [0, 0.1) is 13.8 Å². The molecule has 0 saturated heterocycles. The Morgan fingerprint density at radius 1 is 1.15 bits per heavy atom. The fourth-order valence-corrected chi connectivity index (χ4v) is 3.14. The molecular weight excluding hydrogens is 334 g/mol. The first-order valence-corrected chi connectivity index (χ1v) is 8.22. The summed E-state index contributed by atoms with van der Waals surface area (Å²) in [5.74, 6) is 1.83. The third-order valence-electron chi connectivity index (χ3n) is 2.92. The van der Waals surface area contributed by atoms with Gasteiger partial charge in [-0.2, -0.15) is 0 Å². The predicted molar refractivity (Wildman–Crippen MR) is 90.7 cm³/mol. The molecular formula is C16H18BrNOS. The van der Waals surface area contributed by atoms with Crippen LogP contribution in [0.25, 0.3) is 0 Å². The highest BCUT2D eigenvalue weighted by atomic mass is 79.9. The number of halogens is 1. The molecule has 2 rings (SSSR count). The van der Waals surface area contributed by atoms with Gasteiger partial charge in [0.05, 0.1) is 6.61 Å². The molecule has 106 valence electrons. The number of hydrogen-bond donors (Lipinski definition) is 1. The Labute approximate surface area is 132 Å². The maximum absolute atomic E-state index is 5.94. The summed E-state index contributed by atoms with van der Waals surface area (Å²) in [6.07, 6.45) is 0. The summed E-state index contributed by atoms with van der Waals surface area (Å²) < 4.78 is 6.88. The van der Waals surface area contributed by atoms with E-state index in [0.717, 1.165) is 26.6 Å². The number of ether oxygens (including phenoxy) is 1. The van der Waals surface area contributed by atoms with Crippen molar-refractivity contribution in [1.82, 2.24) is 0 Å². The van der Waals surface area contributed by atoms with Gasteiger partial charge in [0.1, 0.15) is 5.75 Å². The van der Waals surface area contributed by atoms with Crippen molar-refractivity contribution in [2.24, 2.45) is 0 Å². The van der Waals surface area contributed by atoms with E-state index in [-0.39, 0.29) is 0 Å². The van der Waals surface area contributed by atoms with Crippen molar-refractivity contribution in [3.05, 3.63) is 52.0 Å². The van der Waals surface area contributed by atoms with Gasteiger partial charge in [-0.25, -0.2) is 0 Å². The van der Waals surface area contributed by atoms with Crippen LogP contribution >= 0.6 is 27.7 Å². The highest BCUT2D eigenvalue weighted by molar-refractivity contribution is 9.10. The molecule has 0 radical (unpaired) electrons. The molecule has 2 aromatic carbocycles. The fourth-order valence-electron chi connectivity index (χ4n) is 1.80. The van der Waals surface area contributed by atoms with Crippen LogP contribution in [0.1, 0.15) is 11.1 Å². The van der Waals surface area contributed by atoms with Crippen LogP contribution in [-0.2, 0) is 0 Å². The van der Waals surface area contributed by atoms with E-state index in [1.165, 1.54) is 11.1 Å². The fraction of sp³-hybridized carbons (Fsp3) is 0.250. The number of hydrogen-bond acceptors (Lipinski definition) is 3. The standard InChI is InChI=1S/C16H18BrNOS/c1-11-3-4-12(2)15(9-11)19-7-8-20-16-10-13(17)5-6-14(16)18/h3-6,9-10H,7-8,18H2,1-2H3. The van der Waals surface area contributed by atoms with Gasteiger partial charge in [0, 0.05) is 20.8 Å². The average Bonchev–Trinajstić information content (AvgIpc) is 2.42. The first-order valence-electron chi connectivity index (χ1n) is 6.44. The Morgan fingerprint density at radius 2 is 1.95 bits per heavy atom. The van der Waals surface area contributed by atoms with Crippen molar-refractivity contribution < 1.29 is 4.74 Å². The van der Waals surface area contributed by atoms with Crippen molar-refractivity contribution >= 4 is 33.4 Å². The van der Waals surface area contributed by atoms with E-state index in [1.807, 2.05) is 18.2 Å². The summed E-state index contributed by atoms with van der Waals surface area (Å²) in [5, 5.41) is 0. The third-order valence-corrected chi connectivity index (χ3v) is 4.45. The van der Waals surface area contributed by atoms with Crippen LogP contribution in [0.2, 0.25) is 0 Å². The topological polar surface area (TPSA) is 35.2 Å². The normalized spacial score (nSPS) is 10.6. The molecule has 2 aromatic rings. The second-order valence-corrected chi connectivity index (χ2v) is 6.70. The molecule has 4 heteroatoms. The zero-order valence-electron chi connectivity index (χ0n) is 11.7. The Bertz CT molecular complexity index is 548. The number of thioether (sulfide) groups is 1. The van der Waals surface area contributed by atoms with Gasteiger partial charge in [-0.3, -0.25) is 0 Å². The smallest absolute Gasteiger partial charge is 0.122 e. The van der Waals surface area contributed by atoms with E-state index in [0.29, 0.717) is 6.61 Å². The van der Waals surface area contributed by atoms with Gasteiger partial charge in [0.25, 0.3) is 0 Å². The lowest BCUT2D eigenvalue weighted by Gasteiger charge is -2.10. The van der Waals surface area contributed by atoms with E-state index in [4.69, 9.17) is 10.5 Å². The van der Waals surface area contributed by atoms with E-state index >= 15 is 0 Å². The molecule has 0 heterocycles. The second-order valence-electron chi connectivity index (χ2n) is 4.65. The summed E-state index contributed by atoms with van der Waals surface area (Å²) >= 11 is 5.17. The van der Waals surface area contributed by atoms with Crippen molar-refractivity contribution in [1.29, 1.82) is 0 Å². The lowest BCUT2D eigenvalue weighted by Crippen LogP contribution is -2.02. The minimum Gasteiger partial charge on any atom is -0.492 e. The van der Waals surface area contributed by atoms with Crippen LogP contribution in [0.4, 0.5) is 5.69 Å². The van der Waals surface area contributed by atoms with Crippen molar-refractivity contribution in [3.63, 3.8) is 0 Å². The monoisotopic (exact) mass is 351 g/mol. The number of nitrogens with two attached hydrogens (primary N) is 1. The summed E-state index contributed by atoms with van der Waals surface area (Å²) in [6.45, 7) is 4.80. The molecule has 20 heavy (non-hydrogen) atoms. The van der Waals surface area contributed by atoms with Gasteiger partial charge in [-0.1, -0.05) is 28.1 Å². The van der Waals surface area contributed by atoms with Gasteiger partial charge in [-0.15, -0.1) is 11.8 Å². The molecule has 0 unspecified atom stereocenters. The molecule has 0 atom stereocenters. The summed E-state index contributed by atoms with van der Waals surface area (Å²) in [7, 11) is 0. The van der Waals surface area contributed by atoms with Gasteiger partial charge < -0.3 is 10.5 Å². The van der Waals surface area contributed by atoms with Crippen LogP contribution in [0.15, 0.2) is 45.8 Å². The number of nitrogen functional groups attached to an aromatic ring is 1. The lowest BCUT2D eigenvalue weighted by molar-refractivity contribution is 0.341. The quantitative estimate of drug-likeness (QED) is 0.476. The zero-order valence-corrected chi connectivity index (χ0v) is 14.1. The minimum absolute atomic E-state index is 0.668. The molecule has 0 bridgehead atoms. The summed E-state index contributed by atoms with van der Waals surface area (Å²) in [6, 6.07) is 12.2. The van der Waals surface area contributed by atoms with Gasteiger partial charge in [0.15, 0.2) is 0 Å². The molecule has 0 aliphatic rings. The molecule has 2 N–H and O–H groups in total. The minimum atomic E-state index is 0.668. The maximum atomic E-state index is 5.94. The van der Waals surface area contributed by atoms with Crippen molar-refractivity contribution in [2.75, 3.05) is 18.1 Å². The Kier molecular flexibility index (Phi) is 5.38. The molecule has 0 spiro atoms. The summed E-state index contributed by atoms with van der Waals surface area (Å²) in [5.41, 5.74) is 9.14. The van der Waals surface area contributed by atoms with E-state index < -0.39 is 0 Å². The maximum Gasteiger partial charge on any atom is 0.122 e. The van der Waals surface area contributed by atoms with Crippen LogP contribution in [-0.4, -0.2) is 12.4 Å². The Hall–Kier alpha value is -1.13. The molecule has 0 aromatic heterocycles. The molecule has 0 saturated carbocycles. The highest BCUT2D eigenvalue weighted by Gasteiger charge is 2.03. The van der Waals surface area contributed by atoms with E-state index in [1.54, 1.807) is 11.8 Å². The number of aryl methyl sites for hydroxylation is 2. The van der Waals surface area contributed by atoms with Crippen molar-refractivity contribution in [2.45, 2.75) is 18.7 Å². The summed E-state index contributed by atoms with van der Waals surface area (Å²) in [4.78, 5) is 1.09. The van der Waals surface area contributed by atoms with E-state index in [9.17, 15) is 0 Å². The Balaban J connectivity index is 1.87. The predicted octanol–water partition coefficient (Wildman–Crippen LogP) is 4.82. The molecule has 2 nitrogen and oxygen atoms in total. The number of anilines is 1. The zero-order chi connectivity index (χ0) is 14.5. The number of rotatable bonds is 5. The SMILES string of the molecule is Cc1ccc(C)c(OCCSc2cc(Br)ccc2N)c1. The second kappa shape index (κ2) is 7.04. The molecule has 0 aliphatic carbocycles. The third kappa shape index (κ3) is 4.18. The first kappa shape index (κ1) is 15.3. The molecule has 0 amide bonds. The van der Waals surface area contributed by atoms with Gasteiger partial charge in [-0.05, 0) is 49.2 Å². The molecule has 0 aliphatic heterocycles. The van der Waals surface area contributed by atoms with Crippen LogP contribution < -0.4 is 10.5 Å². The highest BCUT2D eigenvalue weighted by Crippen LogP contribution is 2.28. The van der Waals surface area contributed by atoms with E-state index in [2.05, 4.69) is 48.0 Å². The van der Waals surface area contributed by atoms with Crippen molar-refractivity contribution in [3.8, 4) is 5.75 Å². The Morgan fingerprint density at radius 3 is 2.75 bits per heavy atom. The van der Waals surface area contributed by atoms with Crippen LogP contribution in [0.3, 0.4) is 0 Å². The van der Waals surface area contributed by atoms with Gasteiger partial charge in [0.2, 0.25) is 0 Å². The van der Waals surface area contributed by atoms with Crippen LogP contribution in [0.5, 0.6) is 5.75 Å². The lowest BCUT2D eigenvalue weighted by atomic mass is 10.1. The van der Waals surface area contributed by atoms with Gasteiger partial charge >= 0.3 is 0 Å². The molecule has 0 fully saturated rings. The first-order chi connectivity index (χ1) is 9.56. The average molecular weight is 352 g/mol. The number of benzene rings is 2.